The van der Waals surface area contributed by atoms with Crippen LogP contribution in [0.4, 0.5) is 13.2 Å². The second kappa shape index (κ2) is 11.7. The van der Waals surface area contributed by atoms with Crippen molar-refractivity contribution in [1.82, 2.24) is 10.1 Å². The molecule has 0 bridgehead atoms. The molecule has 0 saturated carbocycles. The van der Waals surface area contributed by atoms with Gasteiger partial charge in [0, 0.05) is 23.2 Å². The van der Waals surface area contributed by atoms with Crippen LogP contribution in [0.1, 0.15) is 33.5 Å². The number of rotatable bonds is 7. The fourth-order valence-corrected chi connectivity index (χ4v) is 6.80. The maximum absolute atomic E-state index is 14.3. The molecule has 0 aliphatic heterocycles. The summed E-state index contributed by atoms with van der Waals surface area (Å²) in [6.45, 7) is 0.628. The molecular formula is C36H26F3N3OS. The van der Waals surface area contributed by atoms with Crippen LogP contribution in [0.25, 0.3) is 32.5 Å². The van der Waals surface area contributed by atoms with E-state index in [-0.39, 0.29) is 16.5 Å². The molecule has 218 valence electrons. The molecule has 0 fully saturated rings. The average Bonchev–Trinajstić information content (AvgIpc) is 3.70. The van der Waals surface area contributed by atoms with E-state index < -0.39 is 11.7 Å². The van der Waals surface area contributed by atoms with Gasteiger partial charge in [0.1, 0.15) is 11.3 Å². The molecule has 1 aliphatic rings. The number of aryl methyl sites for hydroxylation is 2. The van der Waals surface area contributed by atoms with Crippen molar-refractivity contribution in [2.24, 2.45) is 4.99 Å². The Bertz CT molecular complexity index is 1900. The fraction of sp³-hybridized carbons (Fsp3) is 0.139. The molecule has 0 spiro atoms. The Morgan fingerprint density at radius 1 is 0.818 bits per heavy atom. The lowest BCUT2D eigenvalue weighted by Crippen LogP contribution is -2.07. The summed E-state index contributed by atoms with van der Waals surface area (Å²) in [6.07, 6.45) is -2.47. The van der Waals surface area contributed by atoms with E-state index in [2.05, 4.69) is 52.6 Å². The molecule has 0 amide bonds. The van der Waals surface area contributed by atoms with Crippen LogP contribution in [0.5, 0.6) is 0 Å². The first-order chi connectivity index (χ1) is 21.5. The Morgan fingerprint density at radius 3 is 2.14 bits per heavy atom. The van der Waals surface area contributed by atoms with E-state index in [1.807, 2.05) is 36.4 Å². The lowest BCUT2D eigenvalue weighted by molar-refractivity contribution is -0.136. The molecule has 6 aromatic rings. The number of thiazole rings is 1. The van der Waals surface area contributed by atoms with Crippen LogP contribution in [-0.2, 0) is 25.4 Å². The summed E-state index contributed by atoms with van der Waals surface area (Å²) in [5.74, 6) is -0.334. The molecule has 1 aliphatic carbocycles. The second-order valence-electron chi connectivity index (χ2n) is 10.6. The largest absolute Gasteiger partial charge is 0.422 e. The minimum Gasteiger partial charge on any atom is -0.352 e. The Morgan fingerprint density at radius 2 is 1.48 bits per heavy atom. The molecule has 0 N–H and O–H groups in total. The Balaban J connectivity index is 1.16. The van der Waals surface area contributed by atoms with Crippen molar-refractivity contribution < 1.29 is 17.7 Å². The van der Waals surface area contributed by atoms with E-state index in [9.17, 15) is 13.2 Å². The topological polar surface area (TPSA) is 51.3 Å². The second-order valence-corrected chi connectivity index (χ2v) is 11.6. The van der Waals surface area contributed by atoms with Gasteiger partial charge in [0.15, 0.2) is 5.01 Å². The van der Waals surface area contributed by atoms with Crippen molar-refractivity contribution >= 4 is 17.0 Å². The number of halogens is 3. The number of aromatic nitrogens is 2. The van der Waals surface area contributed by atoms with E-state index in [4.69, 9.17) is 9.52 Å². The van der Waals surface area contributed by atoms with Gasteiger partial charge in [-0.3, -0.25) is 4.99 Å². The number of benzene rings is 4. The predicted molar refractivity (Wildman–Crippen MR) is 168 cm³/mol. The van der Waals surface area contributed by atoms with E-state index in [1.165, 1.54) is 22.5 Å². The molecule has 7 rings (SSSR count). The first-order valence-electron chi connectivity index (χ1n) is 14.4. The smallest absolute Gasteiger partial charge is 0.352 e. The van der Waals surface area contributed by atoms with Gasteiger partial charge in [-0.1, -0.05) is 114 Å². The van der Waals surface area contributed by atoms with E-state index in [0.717, 1.165) is 45.8 Å². The van der Waals surface area contributed by atoms with Crippen molar-refractivity contribution in [3.8, 4) is 32.5 Å². The Hall–Kier alpha value is -4.82. The van der Waals surface area contributed by atoms with Gasteiger partial charge in [0.25, 0.3) is 0 Å². The molecule has 8 heteroatoms. The minimum atomic E-state index is -4.65. The van der Waals surface area contributed by atoms with Crippen LogP contribution >= 0.6 is 11.3 Å². The molecule has 4 aromatic carbocycles. The van der Waals surface area contributed by atoms with Crippen LogP contribution < -0.4 is 0 Å². The fourth-order valence-electron chi connectivity index (χ4n) is 5.64. The van der Waals surface area contributed by atoms with Crippen molar-refractivity contribution in [3.63, 3.8) is 0 Å². The zero-order chi connectivity index (χ0) is 30.1. The van der Waals surface area contributed by atoms with Crippen molar-refractivity contribution in [2.45, 2.75) is 25.4 Å². The van der Waals surface area contributed by atoms with Gasteiger partial charge in [-0.15, -0.1) is 11.3 Å². The maximum atomic E-state index is 14.3. The van der Waals surface area contributed by atoms with E-state index >= 15 is 0 Å². The molecule has 2 aromatic heterocycles. The van der Waals surface area contributed by atoms with Gasteiger partial charge in [-0.25, -0.2) is 4.98 Å². The third-order valence-electron chi connectivity index (χ3n) is 7.72. The SMILES string of the molecule is FC(F)(F)c1c(-c2ccccc2)noc1-c1nc2c(s1)-c1ccc(CCN=C(c3ccccc3)c3ccccc3)cc1CC2. The number of alkyl halides is 3. The molecule has 0 saturated heterocycles. The highest BCUT2D eigenvalue weighted by Crippen LogP contribution is 2.47. The summed E-state index contributed by atoms with van der Waals surface area (Å²) in [5.41, 5.74) is 6.48. The van der Waals surface area contributed by atoms with E-state index in [1.54, 1.807) is 30.3 Å². The summed E-state index contributed by atoms with van der Waals surface area (Å²) in [6, 6.07) is 35.0. The van der Waals surface area contributed by atoms with Crippen LogP contribution in [-0.4, -0.2) is 22.4 Å². The van der Waals surface area contributed by atoms with Crippen molar-refractivity contribution in [1.29, 1.82) is 0 Å². The van der Waals surface area contributed by atoms with Gasteiger partial charge in [-0.05, 0) is 36.0 Å². The quantitative estimate of drug-likeness (QED) is 0.170. The number of hydrogen-bond acceptors (Lipinski definition) is 5. The lowest BCUT2D eigenvalue weighted by atomic mass is 9.91. The average molecular weight is 606 g/mol. The number of nitrogens with zero attached hydrogens (tertiary/aromatic N) is 3. The predicted octanol–water partition coefficient (Wildman–Crippen LogP) is 9.33. The van der Waals surface area contributed by atoms with Crippen molar-refractivity contribution in [3.05, 3.63) is 143 Å². The molecule has 0 atom stereocenters. The summed E-state index contributed by atoms with van der Waals surface area (Å²) in [4.78, 5) is 10.5. The van der Waals surface area contributed by atoms with Crippen LogP contribution in [0, 0.1) is 0 Å². The highest BCUT2D eigenvalue weighted by atomic mass is 32.1. The Kier molecular flexibility index (Phi) is 7.44. The molecule has 0 unspecified atom stereocenters. The zero-order valence-electron chi connectivity index (χ0n) is 23.5. The minimum absolute atomic E-state index is 0.192. The Labute approximate surface area is 256 Å². The molecule has 4 nitrogen and oxygen atoms in total. The first-order valence-corrected chi connectivity index (χ1v) is 15.2. The van der Waals surface area contributed by atoms with Gasteiger partial charge in [0.2, 0.25) is 5.76 Å². The monoisotopic (exact) mass is 605 g/mol. The normalized spacial score (nSPS) is 12.4. The lowest BCUT2D eigenvalue weighted by Gasteiger charge is -2.16. The maximum Gasteiger partial charge on any atom is 0.422 e. The summed E-state index contributed by atoms with van der Waals surface area (Å²) < 4.78 is 48.2. The standard InChI is InChI=1S/C36H26F3N3OS/c37-36(38,39)30-32(26-14-8-3-9-15-26)42-43-33(30)35-41-29-19-17-27-22-23(16-18-28(27)34(29)44-35)20-21-40-31(24-10-4-1-5-11-24)25-12-6-2-7-13-25/h1-16,18,22H,17,19-21H2. The molecule has 0 radical (unpaired) electrons. The third-order valence-corrected chi connectivity index (χ3v) is 8.85. The zero-order valence-corrected chi connectivity index (χ0v) is 24.3. The summed E-state index contributed by atoms with van der Waals surface area (Å²) in [5, 5.41) is 4.02. The molecular weight excluding hydrogens is 579 g/mol. The summed E-state index contributed by atoms with van der Waals surface area (Å²) >= 11 is 1.23. The van der Waals surface area contributed by atoms with Gasteiger partial charge < -0.3 is 4.52 Å². The van der Waals surface area contributed by atoms with E-state index in [0.29, 0.717) is 18.5 Å². The van der Waals surface area contributed by atoms with Crippen LogP contribution in [0.2, 0.25) is 0 Å². The highest BCUT2D eigenvalue weighted by molar-refractivity contribution is 7.18. The van der Waals surface area contributed by atoms with Crippen LogP contribution in [0.15, 0.2) is 119 Å². The molecule has 44 heavy (non-hydrogen) atoms. The van der Waals surface area contributed by atoms with Gasteiger partial charge in [0.05, 0.1) is 16.3 Å². The number of aliphatic imine (C=N–C) groups is 1. The van der Waals surface area contributed by atoms with Gasteiger partial charge >= 0.3 is 6.18 Å². The number of hydrogen-bond donors (Lipinski definition) is 0. The number of fused-ring (bicyclic) bond motifs is 3. The van der Waals surface area contributed by atoms with Crippen molar-refractivity contribution in [2.75, 3.05) is 6.54 Å². The highest BCUT2D eigenvalue weighted by Gasteiger charge is 2.42. The molecule has 2 heterocycles. The first kappa shape index (κ1) is 28.0. The van der Waals surface area contributed by atoms with Crippen LogP contribution in [0.3, 0.4) is 0 Å². The van der Waals surface area contributed by atoms with Gasteiger partial charge in [-0.2, -0.15) is 13.2 Å². The third kappa shape index (κ3) is 5.49. The summed E-state index contributed by atoms with van der Waals surface area (Å²) in [7, 11) is 0.